The highest BCUT2D eigenvalue weighted by atomic mass is 16.2. The summed E-state index contributed by atoms with van der Waals surface area (Å²) >= 11 is 0. The summed E-state index contributed by atoms with van der Waals surface area (Å²) in [5.74, 6) is 0. The molecule has 0 radical (unpaired) electrons. The van der Waals surface area contributed by atoms with Gasteiger partial charge in [-0.2, -0.15) is 0 Å². The minimum atomic E-state index is -0.422. The molecule has 4 nitrogen and oxygen atoms in total. The predicted octanol–water partition coefficient (Wildman–Crippen LogP) is -0.203. The van der Waals surface area contributed by atoms with Gasteiger partial charge < -0.3 is 16.4 Å². The molecule has 0 aromatic carbocycles. The average molecular weight is 157 g/mol. The highest BCUT2D eigenvalue weighted by molar-refractivity contribution is 5.72. The van der Waals surface area contributed by atoms with Crippen molar-refractivity contribution >= 4 is 6.03 Å². The van der Waals surface area contributed by atoms with Crippen LogP contribution in [-0.2, 0) is 0 Å². The average Bonchev–Trinajstić information content (AvgIpc) is 1.85. The number of hydrogen-bond donors (Lipinski definition) is 3. The lowest BCUT2D eigenvalue weighted by Gasteiger charge is -2.34. The number of carbonyl (C=O) groups excluding carboxylic acids is 1. The zero-order chi connectivity index (χ0) is 8.32. The molecule has 0 saturated carbocycles. The first-order chi connectivity index (χ1) is 5.12. The molecule has 11 heavy (non-hydrogen) atoms. The van der Waals surface area contributed by atoms with Gasteiger partial charge in [0.25, 0.3) is 0 Å². The van der Waals surface area contributed by atoms with Crippen molar-refractivity contribution in [1.29, 1.82) is 0 Å². The molecule has 0 aromatic rings. The van der Waals surface area contributed by atoms with Crippen molar-refractivity contribution in [3.05, 3.63) is 0 Å². The van der Waals surface area contributed by atoms with Gasteiger partial charge in [-0.15, -0.1) is 0 Å². The Morgan fingerprint density at radius 1 is 1.55 bits per heavy atom. The highest BCUT2D eigenvalue weighted by Gasteiger charge is 2.27. The van der Waals surface area contributed by atoms with E-state index in [9.17, 15) is 4.79 Å². The maximum Gasteiger partial charge on any atom is 0.312 e. The molecule has 1 fully saturated rings. The molecule has 1 rings (SSSR count). The molecular formula is C7H15N3O. The minimum Gasteiger partial charge on any atom is -0.352 e. The maximum atomic E-state index is 10.6. The largest absolute Gasteiger partial charge is 0.352 e. The third kappa shape index (κ3) is 2.38. The Labute approximate surface area is 66.5 Å². The SMILES string of the molecule is CC1(NC(N)=O)CCNCC1. The fourth-order valence-corrected chi connectivity index (χ4v) is 1.40. The number of carbonyl (C=O) groups is 1. The summed E-state index contributed by atoms with van der Waals surface area (Å²) in [5, 5.41) is 5.98. The normalized spacial score (nSPS) is 22.6. The van der Waals surface area contributed by atoms with Crippen LogP contribution in [0.15, 0.2) is 0 Å². The number of primary amides is 1. The number of nitrogens with two attached hydrogens (primary N) is 1. The summed E-state index contributed by atoms with van der Waals surface area (Å²) < 4.78 is 0. The Morgan fingerprint density at radius 3 is 2.55 bits per heavy atom. The summed E-state index contributed by atoms with van der Waals surface area (Å²) in [7, 11) is 0. The van der Waals surface area contributed by atoms with Gasteiger partial charge in [-0.25, -0.2) is 4.79 Å². The van der Waals surface area contributed by atoms with Crippen LogP contribution in [0.1, 0.15) is 19.8 Å². The predicted molar refractivity (Wildman–Crippen MR) is 43.2 cm³/mol. The van der Waals surface area contributed by atoms with Gasteiger partial charge in [-0.1, -0.05) is 0 Å². The number of urea groups is 1. The van der Waals surface area contributed by atoms with E-state index < -0.39 is 6.03 Å². The summed E-state index contributed by atoms with van der Waals surface area (Å²) in [6.07, 6.45) is 1.91. The fraction of sp³-hybridized carbons (Fsp3) is 0.857. The van der Waals surface area contributed by atoms with Crippen LogP contribution in [0.3, 0.4) is 0 Å². The first kappa shape index (κ1) is 8.33. The van der Waals surface area contributed by atoms with Crippen molar-refractivity contribution in [3.8, 4) is 0 Å². The smallest absolute Gasteiger partial charge is 0.312 e. The Kier molecular flexibility index (Phi) is 2.34. The number of hydrogen-bond acceptors (Lipinski definition) is 2. The second-order valence-electron chi connectivity index (χ2n) is 3.30. The molecule has 64 valence electrons. The van der Waals surface area contributed by atoms with Crippen molar-refractivity contribution in [2.45, 2.75) is 25.3 Å². The molecule has 0 atom stereocenters. The van der Waals surface area contributed by atoms with Crippen LogP contribution in [-0.4, -0.2) is 24.7 Å². The summed E-state index contributed by atoms with van der Waals surface area (Å²) in [6, 6.07) is -0.422. The van der Waals surface area contributed by atoms with Gasteiger partial charge in [0.1, 0.15) is 0 Å². The molecule has 0 aliphatic carbocycles. The Hall–Kier alpha value is -0.770. The zero-order valence-electron chi connectivity index (χ0n) is 6.81. The molecule has 0 aromatic heterocycles. The van der Waals surface area contributed by atoms with Crippen molar-refractivity contribution in [3.63, 3.8) is 0 Å². The van der Waals surface area contributed by atoms with Crippen LogP contribution < -0.4 is 16.4 Å². The molecule has 1 heterocycles. The van der Waals surface area contributed by atoms with Crippen LogP contribution in [0.4, 0.5) is 4.79 Å². The lowest BCUT2D eigenvalue weighted by atomic mass is 9.91. The lowest BCUT2D eigenvalue weighted by Crippen LogP contribution is -2.53. The summed E-state index contributed by atoms with van der Waals surface area (Å²) in [5.41, 5.74) is 4.95. The Morgan fingerprint density at radius 2 is 2.09 bits per heavy atom. The van der Waals surface area contributed by atoms with Crippen LogP contribution >= 0.6 is 0 Å². The third-order valence-electron chi connectivity index (χ3n) is 2.13. The molecule has 0 spiro atoms. The molecule has 1 saturated heterocycles. The van der Waals surface area contributed by atoms with Gasteiger partial charge in [-0.05, 0) is 32.9 Å². The Bertz CT molecular complexity index is 152. The van der Waals surface area contributed by atoms with Gasteiger partial charge in [0.15, 0.2) is 0 Å². The molecule has 0 bridgehead atoms. The number of rotatable bonds is 1. The van der Waals surface area contributed by atoms with E-state index in [0.29, 0.717) is 0 Å². The summed E-state index contributed by atoms with van der Waals surface area (Å²) in [6.45, 7) is 3.94. The van der Waals surface area contributed by atoms with Crippen LogP contribution in [0.2, 0.25) is 0 Å². The lowest BCUT2D eigenvalue weighted by molar-refractivity contribution is 0.222. The van der Waals surface area contributed by atoms with E-state index in [2.05, 4.69) is 10.6 Å². The van der Waals surface area contributed by atoms with Gasteiger partial charge in [0, 0.05) is 5.54 Å². The number of piperidine rings is 1. The van der Waals surface area contributed by atoms with E-state index in [1.165, 1.54) is 0 Å². The van der Waals surface area contributed by atoms with Crippen LogP contribution in [0, 0.1) is 0 Å². The van der Waals surface area contributed by atoms with Gasteiger partial charge in [-0.3, -0.25) is 0 Å². The number of nitrogens with one attached hydrogen (secondary N) is 2. The highest BCUT2D eigenvalue weighted by Crippen LogP contribution is 2.16. The molecule has 4 heteroatoms. The van der Waals surface area contributed by atoms with Gasteiger partial charge >= 0.3 is 6.03 Å². The quantitative estimate of drug-likeness (QED) is 0.493. The third-order valence-corrected chi connectivity index (χ3v) is 2.13. The minimum absolute atomic E-state index is 0.0862. The fourth-order valence-electron chi connectivity index (χ4n) is 1.40. The Balaban J connectivity index is 2.43. The van der Waals surface area contributed by atoms with Crippen molar-refractivity contribution in [1.82, 2.24) is 10.6 Å². The van der Waals surface area contributed by atoms with Gasteiger partial charge in [0.2, 0.25) is 0 Å². The van der Waals surface area contributed by atoms with Gasteiger partial charge in [0.05, 0.1) is 0 Å². The number of amides is 2. The van der Waals surface area contributed by atoms with Crippen molar-refractivity contribution in [2.24, 2.45) is 5.73 Å². The first-order valence-corrected chi connectivity index (χ1v) is 3.91. The maximum absolute atomic E-state index is 10.6. The van der Waals surface area contributed by atoms with E-state index in [4.69, 9.17) is 5.73 Å². The molecular weight excluding hydrogens is 142 g/mol. The molecule has 1 aliphatic heterocycles. The van der Waals surface area contributed by atoms with E-state index in [-0.39, 0.29) is 5.54 Å². The second-order valence-corrected chi connectivity index (χ2v) is 3.30. The standard InChI is InChI=1S/C7H15N3O/c1-7(10-6(8)11)2-4-9-5-3-7/h9H,2-5H2,1H3,(H3,8,10,11). The first-order valence-electron chi connectivity index (χ1n) is 3.91. The van der Waals surface area contributed by atoms with E-state index >= 15 is 0 Å². The van der Waals surface area contributed by atoms with E-state index in [1.807, 2.05) is 6.92 Å². The zero-order valence-corrected chi connectivity index (χ0v) is 6.81. The molecule has 1 aliphatic rings. The monoisotopic (exact) mass is 157 g/mol. The van der Waals surface area contributed by atoms with Crippen molar-refractivity contribution < 1.29 is 4.79 Å². The van der Waals surface area contributed by atoms with Crippen molar-refractivity contribution in [2.75, 3.05) is 13.1 Å². The molecule has 4 N–H and O–H groups in total. The topological polar surface area (TPSA) is 67.1 Å². The van der Waals surface area contributed by atoms with E-state index in [1.54, 1.807) is 0 Å². The second kappa shape index (κ2) is 3.09. The van der Waals surface area contributed by atoms with Crippen LogP contribution in [0.25, 0.3) is 0 Å². The molecule has 2 amide bonds. The van der Waals surface area contributed by atoms with E-state index in [0.717, 1.165) is 25.9 Å². The van der Waals surface area contributed by atoms with Crippen LogP contribution in [0.5, 0.6) is 0 Å². The molecule has 0 unspecified atom stereocenters. The summed E-state index contributed by atoms with van der Waals surface area (Å²) in [4.78, 5) is 10.6.